The van der Waals surface area contributed by atoms with Gasteiger partial charge in [0.2, 0.25) is 5.91 Å². The minimum Gasteiger partial charge on any atom is -0.444 e. The molecule has 2 fully saturated rings. The Morgan fingerprint density at radius 1 is 1.15 bits per heavy atom. The average molecular weight is 363 g/mol. The number of hydrogen-bond acceptors (Lipinski definition) is 4. The number of piperazine rings is 2. The van der Waals surface area contributed by atoms with Gasteiger partial charge < -0.3 is 14.5 Å². The second-order valence-electron chi connectivity index (χ2n) is 7.86. The Bertz CT molecular complexity index is 672. The molecule has 6 nitrogen and oxygen atoms in total. The van der Waals surface area contributed by atoms with Crippen molar-refractivity contribution in [1.29, 1.82) is 0 Å². The fraction of sp³-hybridized carbons (Fsp3) is 0.579. The Balaban J connectivity index is 1.64. The summed E-state index contributed by atoms with van der Waals surface area (Å²) in [6, 6.07) is 5.86. The lowest BCUT2D eigenvalue weighted by atomic mass is 10.1. The number of carbonyl (C=O) groups excluding carboxylic acids is 2. The summed E-state index contributed by atoms with van der Waals surface area (Å²) < 4.78 is 18.5. The van der Waals surface area contributed by atoms with Crippen LogP contribution in [0.1, 0.15) is 26.3 Å². The summed E-state index contributed by atoms with van der Waals surface area (Å²) in [6.45, 7) is 8.94. The van der Waals surface area contributed by atoms with Crippen molar-refractivity contribution in [2.75, 3.05) is 32.7 Å². The van der Waals surface area contributed by atoms with Crippen LogP contribution in [-0.2, 0) is 16.1 Å². The van der Waals surface area contributed by atoms with E-state index in [1.807, 2.05) is 20.8 Å². The molecule has 0 aliphatic carbocycles. The second kappa shape index (κ2) is 7.23. The molecule has 2 saturated heterocycles. The van der Waals surface area contributed by atoms with E-state index in [1.54, 1.807) is 21.9 Å². The van der Waals surface area contributed by atoms with Crippen LogP contribution in [-0.4, -0.2) is 71.1 Å². The van der Waals surface area contributed by atoms with Gasteiger partial charge >= 0.3 is 6.09 Å². The summed E-state index contributed by atoms with van der Waals surface area (Å²) in [5.41, 5.74) is 0.340. The molecule has 2 aliphatic heterocycles. The van der Waals surface area contributed by atoms with Gasteiger partial charge in [-0.15, -0.1) is 0 Å². The summed E-state index contributed by atoms with van der Waals surface area (Å²) in [6.07, 6.45) is -0.374. The number of nitrogens with zero attached hydrogens (tertiary/aromatic N) is 3. The third kappa shape index (κ3) is 4.33. The normalized spacial score (nSPS) is 21.5. The Hall–Kier alpha value is -2.15. The van der Waals surface area contributed by atoms with Crippen LogP contribution in [0.25, 0.3) is 0 Å². The van der Waals surface area contributed by atoms with Crippen LogP contribution in [0.3, 0.4) is 0 Å². The van der Waals surface area contributed by atoms with Gasteiger partial charge in [0, 0.05) is 39.3 Å². The standard InChI is InChI=1S/C19H26FN3O3/c1-19(2,3)26-18(25)23-11-9-21-8-10-22(17(24)16(21)13-23)12-14-4-6-15(20)7-5-14/h4-7,16H,8-13H2,1-3H3/t16-/m0/s1. The van der Waals surface area contributed by atoms with E-state index >= 15 is 0 Å². The molecule has 0 spiro atoms. The Morgan fingerprint density at radius 3 is 2.46 bits per heavy atom. The predicted molar refractivity (Wildman–Crippen MR) is 95.0 cm³/mol. The number of ether oxygens (including phenoxy) is 1. The van der Waals surface area contributed by atoms with Crippen LogP contribution in [0.5, 0.6) is 0 Å². The largest absolute Gasteiger partial charge is 0.444 e. The molecule has 0 unspecified atom stereocenters. The van der Waals surface area contributed by atoms with Gasteiger partial charge in [-0.25, -0.2) is 9.18 Å². The van der Waals surface area contributed by atoms with Crippen molar-refractivity contribution in [3.63, 3.8) is 0 Å². The number of halogens is 1. The van der Waals surface area contributed by atoms with Crippen LogP contribution in [0, 0.1) is 5.82 Å². The topological polar surface area (TPSA) is 53.1 Å². The quantitative estimate of drug-likeness (QED) is 0.807. The highest BCUT2D eigenvalue weighted by Gasteiger charge is 2.40. The summed E-state index contributed by atoms with van der Waals surface area (Å²) in [5.74, 6) is -0.279. The van der Waals surface area contributed by atoms with Crippen LogP contribution < -0.4 is 0 Å². The van der Waals surface area contributed by atoms with E-state index in [0.717, 1.165) is 12.1 Å². The third-order valence-electron chi connectivity index (χ3n) is 4.68. The van der Waals surface area contributed by atoms with Crippen molar-refractivity contribution in [3.8, 4) is 0 Å². The lowest BCUT2D eigenvalue weighted by Crippen LogP contribution is -2.65. The lowest BCUT2D eigenvalue weighted by molar-refractivity contribution is -0.145. The molecule has 0 saturated carbocycles. The zero-order chi connectivity index (χ0) is 18.9. The van der Waals surface area contributed by atoms with Crippen molar-refractivity contribution in [2.24, 2.45) is 0 Å². The molecule has 2 amide bonds. The van der Waals surface area contributed by atoms with Gasteiger partial charge in [-0.2, -0.15) is 0 Å². The van der Waals surface area contributed by atoms with Gasteiger partial charge in [0.25, 0.3) is 0 Å². The minimum absolute atomic E-state index is 0.00818. The number of benzene rings is 1. The second-order valence-corrected chi connectivity index (χ2v) is 7.86. The van der Waals surface area contributed by atoms with Crippen molar-refractivity contribution in [3.05, 3.63) is 35.6 Å². The number of rotatable bonds is 2. The molecule has 2 heterocycles. The molecular weight excluding hydrogens is 337 g/mol. The van der Waals surface area contributed by atoms with Gasteiger partial charge in [-0.05, 0) is 38.5 Å². The highest BCUT2D eigenvalue weighted by atomic mass is 19.1. The van der Waals surface area contributed by atoms with Gasteiger partial charge in [0.15, 0.2) is 0 Å². The molecule has 0 aromatic heterocycles. The summed E-state index contributed by atoms with van der Waals surface area (Å²) in [4.78, 5) is 30.8. The van der Waals surface area contributed by atoms with Gasteiger partial charge in [0.1, 0.15) is 17.5 Å². The van der Waals surface area contributed by atoms with E-state index in [9.17, 15) is 14.0 Å². The average Bonchev–Trinajstić information content (AvgIpc) is 2.57. The maximum atomic E-state index is 13.1. The van der Waals surface area contributed by atoms with Crippen LogP contribution in [0.2, 0.25) is 0 Å². The zero-order valence-electron chi connectivity index (χ0n) is 15.6. The Morgan fingerprint density at radius 2 is 1.81 bits per heavy atom. The zero-order valence-corrected chi connectivity index (χ0v) is 15.6. The maximum Gasteiger partial charge on any atom is 0.410 e. The van der Waals surface area contributed by atoms with Crippen molar-refractivity contribution >= 4 is 12.0 Å². The van der Waals surface area contributed by atoms with Crippen molar-refractivity contribution < 1.29 is 18.7 Å². The summed E-state index contributed by atoms with van der Waals surface area (Å²) >= 11 is 0. The number of carbonyl (C=O) groups is 2. The Kier molecular flexibility index (Phi) is 5.18. The first-order valence-corrected chi connectivity index (χ1v) is 8.98. The maximum absolute atomic E-state index is 13.1. The van der Waals surface area contributed by atoms with E-state index in [-0.39, 0.29) is 23.9 Å². The smallest absolute Gasteiger partial charge is 0.410 e. The molecular formula is C19H26FN3O3. The lowest BCUT2D eigenvalue weighted by Gasteiger charge is -2.46. The predicted octanol–water partition coefficient (Wildman–Crippen LogP) is 2.09. The fourth-order valence-corrected chi connectivity index (χ4v) is 3.35. The van der Waals surface area contributed by atoms with E-state index in [4.69, 9.17) is 4.74 Å². The molecule has 142 valence electrons. The van der Waals surface area contributed by atoms with Gasteiger partial charge in [0.05, 0.1) is 0 Å². The SMILES string of the molecule is CC(C)(C)OC(=O)N1CCN2CCN(Cc3ccc(F)cc3)C(=O)[C@@H]2C1. The monoisotopic (exact) mass is 363 g/mol. The number of amides is 2. The van der Waals surface area contributed by atoms with E-state index < -0.39 is 5.60 Å². The van der Waals surface area contributed by atoms with E-state index in [2.05, 4.69) is 4.90 Å². The van der Waals surface area contributed by atoms with Gasteiger partial charge in [-0.1, -0.05) is 12.1 Å². The highest BCUT2D eigenvalue weighted by molar-refractivity contribution is 5.84. The molecule has 1 aromatic carbocycles. The Labute approximate surface area is 153 Å². The first-order valence-electron chi connectivity index (χ1n) is 8.98. The molecule has 0 radical (unpaired) electrons. The van der Waals surface area contributed by atoms with Crippen molar-refractivity contribution in [1.82, 2.24) is 14.7 Å². The summed E-state index contributed by atoms with van der Waals surface area (Å²) in [5, 5.41) is 0. The first kappa shape index (κ1) is 18.6. The molecule has 7 heteroatoms. The molecule has 2 aliphatic rings. The highest BCUT2D eigenvalue weighted by Crippen LogP contribution is 2.20. The van der Waals surface area contributed by atoms with Crippen LogP contribution in [0.4, 0.5) is 9.18 Å². The molecule has 26 heavy (non-hydrogen) atoms. The third-order valence-corrected chi connectivity index (χ3v) is 4.68. The van der Waals surface area contributed by atoms with Crippen LogP contribution in [0.15, 0.2) is 24.3 Å². The van der Waals surface area contributed by atoms with Crippen molar-refractivity contribution in [2.45, 2.75) is 39.0 Å². The van der Waals surface area contributed by atoms with E-state index in [1.165, 1.54) is 12.1 Å². The van der Waals surface area contributed by atoms with Crippen LogP contribution >= 0.6 is 0 Å². The van der Waals surface area contributed by atoms with Gasteiger partial charge in [-0.3, -0.25) is 9.69 Å². The molecule has 0 bridgehead atoms. The molecule has 0 N–H and O–H groups in total. The first-order chi connectivity index (χ1) is 12.2. The van der Waals surface area contributed by atoms with E-state index in [0.29, 0.717) is 32.7 Å². The fourth-order valence-electron chi connectivity index (χ4n) is 3.35. The molecule has 3 rings (SSSR count). The number of hydrogen-bond donors (Lipinski definition) is 0. The molecule has 1 aromatic rings. The minimum atomic E-state index is -0.556. The summed E-state index contributed by atoms with van der Waals surface area (Å²) in [7, 11) is 0. The number of fused-ring (bicyclic) bond motifs is 1. The molecule has 1 atom stereocenters.